The second kappa shape index (κ2) is 34.5. The fraction of sp³-hybridized carbons (Fsp3) is 0.317. The fourth-order valence-corrected chi connectivity index (χ4v) is 6.76. The van der Waals surface area contributed by atoms with Crippen LogP contribution < -0.4 is 0 Å². The molecule has 0 bridgehead atoms. The molecule has 0 amide bonds. The van der Waals surface area contributed by atoms with Gasteiger partial charge in [0.15, 0.2) is 5.69 Å². The van der Waals surface area contributed by atoms with Crippen molar-refractivity contribution in [2.24, 2.45) is 0 Å². The highest BCUT2D eigenvalue weighted by Gasteiger charge is 2.05. The number of hydrogen-bond donors (Lipinski definition) is 10. The van der Waals surface area contributed by atoms with E-state index in [1.165, 1.54) is 23.3 Å². The highest BCUT2D eigenvalue weighted by Crippen LogP contribution is 2.16. The van der Waals surface area contributed by atoms with E-state index in [2.05, 4.69) is 62.0 Å². The number of rotatable bonds is 21. The molecule has 0 atom stereocenters. The molecule has 5 aromatic carbocycles. The van der Waals surface area contributed by atoms with E-state index < -0.39 is 0 Å². The van der Waals surface area contributed by atoms with Crippen molar-refractivity contribution >= 4 is 62.8 Å². The SMILES string of the molecule is CC(=N)CC(=N)Cc1ccc(C(C)C)cc1.CC(=N)CC(=N)Cc1ccc(C)cc1.CC(=N)CC(=N)Cc1ccc(F)cc1.CC(=N)CC(=N)Cc1ccccc1.[C-]#[N+]c1ccc(CC(=N)CC(C)=N)cc1. The molecule has 0 aliphatic carbocycles. The van der Waals surface area contributed by atoms with E-state index in [0.717, 1.165) is 27.8 Å². The average molecular weight is 970 g/mol. The van der Waals surface area contributed by atoms with E-state index in [1.54, 1.807) is 58.9 Å². The van der Waals surface area contributed by atoms with Crippen LogP contribution >= 0.6 is 0 Å². The van der Waals surface area contributed by atoms with Crippen molar-refractivity contribution in [3.8, 4) is 0 Å². The third kappa shape index (κ3) is 31.4. The Hall–Kier alpha value is -7.78. The maximum absolute atomic E-state index is 12.5. The Bertz CT molecular complexity index is 2550. The summed E-state index contributed by atoms with van der Waals surface area (Å²) in [6, 6.07) is 39.9. The van der Waals surface area contributed by atoms with Gasteiger partial charge >= 0.3 is 0 Å². The van der Waals surface area contributed by atoms with Crippen LogP contribution in [0.25, 0.3) is 4.85 Å². The Balaban J connectivity index is 0.000000451. The molecule has 0 aromatic heterocycles. The summed E-state index contributed by atoms with van der Waals surface area (Å²) in [5.74, 6) is 0.292. The molecule has 378 valence electrons. The lowest BCUT2D eigenvalue weighted by atomic mass is 9.99. The van der Waals surface area contributed by atoms with Gasteiger partial charge in [-0.05, 0) is 93.0 Å². The predicted octanol–water partition coefficient (Wildman–Crippen LogP) is 15.5. The Morgan fingerprint density at radius 3 is 0.944 bits per heavy atom. The number of aryl methyl sites for hydroxylation is 1. The molecule has 0 saturated heterocycles. The third-order valence-electron chi connectivity index (χ3n) is 10.1. The van der Waals surface area contributed by atoms with Crippen LogP contribution in [0.4, 0.5) is 10.1 Å². The molecule has 0 spiro atoms. The quantitative estimate of drug-likeness (QED) is 0.0244. The molecule has 0 saturated carbocycles. The van der Waals surface area contributed by atoms with Gasteiger partial charge in [-0.25, -0.2) is 9.24 Å². The molecule has 11 nitrogen and oxygen atoms in total. The summed E-state index contributed by atoms with van der Waals surface area (Å²) >= 11 is 0. The number of halogens is 1. The fourth-order valence-electron chi connectivity index (χ4n) is 6.76. The van der Waals surface area contributed by atoms with Crippen LogP contribution in [0, 0.1) is 73.4 Å². The first kappa shape index (κ1) is 62.2. The van der Waals surface area contributed by atoms with Crippen LogP contribution in [0.1, 0.15) is 125 Å². The molecule has 10 N–H and O–H groups in total. The molecule has 0 aliphatic heterocycles. The van der Waals surface area contributed by atoms with E-state index in [9.17, 15) is 4.39 Å². The summed E-state index contributed by atoms with van der Waals surface area (Å²) in [7, 11) is 0. The van der Waals surface area contributed by atoms with Gasteiger partial charge in [-0.3, -0.25) is 0 Å². The van der Waals surface area contributed by atoms with E-state index >= 15 is 0 Å². The second-order valence-electron chi connectivity index (χ2n) is 18.5. The molecule has 72 heavy (non-hydrogen) atoms. The topological polar surface area (TPSA) is 243 Å². The summed E-state index contributed by atoms with van der Waals surface area (Å²) in [5, 5.41) is 74.6. The van der Waals surface area contributed by atoms with Crippen LogP contribution in [0.5, 0.6) is 0 Å². The van der Waals surface area contributed by atoms with Crippen LogP contribution in [0.3, 0.4) is 0 Å². The van der Waals surface area contributed by atoms with Gasteiger partial charge in [0.1, 0.15) is 5.82 Å². The Morgan fingerprint density at radius 2 is 0.667 bits per heavy atom. The lowest BCUT2D eigenvalue weighted by molar-refractivity contribution is 0.627. The lowest BCUT2D eigenvalue weighted by Crippen LogP contribution is -2.06. The van der Waals surface area contributed by atoms with E-state index in [-0.39, 0.29) is 5.82 Å². The molecule has 0 aliphatic rings. The van der Waals surface area contributed by atoms with E-state index in [1.807, 2.05) is 54.6 Å². The first-order valence-corrected chi connectivity index (χ1v) is 23.8. The normalized spacial score (nSPS) is 9.85. The monoisotopic (exact) mass is 970 g/mol. The number of nitrogens with one attached hydrogen (secondary N) is 10. The minimum atomic E-state index is -0.261. The molecule has 0 heterocycles. The van der Waals surface area contributed by atoms with Crippen molar-refractivity contribution in [2.75, 3.05) is 0 Å². The van der Waals surface area contributed by atoms with Crippen LogP contribution in [-0.4, -0.2) is 57.1 Å². The minimum Gasteiger partial charge on any atom is -0.310 e. The van der Waals surface area contributed by atoms with Gasteiger partial charge in [-0.2, -0.15) is 0 Å². The highest BCUT2D eigenvalue weighted by molar-refractivity contribution is 6.03. The van der Waals surface area contributed by atoms with Gasteiger partial charge < -0.3 is 54.1 Å². The smallest absolute Gasteiger partial charge is 0.187 e. The van der Waals surface area contributed by atoms with Crippen molar-refractivity contribution in [3.05, 3.63) is 184 Å². The molecule has 12 heteroatoms. The molecule has 5 rings (SSSR count). The van der Waals surface area contributed by atoms with Gasteiger partial charge in [-0.1, -0.05) is 135 Å². The van der Waals surface area contributed by atoms with Crippen LogP contribution in [-0.2, 0) is 32.1 Å². The van der Waals surface area contributed by atoms with Crippen molar-refractivity contribution in [2.45, 2.75) is 126 Å². The van der Waals surface area contributed by atoms with Gasteiger partial charge in [0.25, 0.3) is 0 Å². The maximum Gasteiger partial charge on any atom is 0.187 e. The van der Waals surface area contributed by atoms with Gasteiger partial charge in [0, 0.05) is 121 Å². The molecule has 0 fully saturated rings. The van der Waals surface area contributed by atoms with E-state index in [4.69, 9.17) is 60.7 Å². The molecule has 0 unspecified atom stereocenters. The Labute approximate surface area is 428 Å². The maximum atomic E-state index is 12.5. The summed E-state index contributed by atoms with van der Waals surface area (Å²) in [4.78, 5) is 3.30. The third-order valence-corrected chi connectivity index (χ3v) is 10.1. The number of benzene rings is 5. The minimum absolute atomic E-state index is 0.261. The van der Waals surface area contributed by atoms with Gasteiger partial charge in [-0.15, -0.1) is 0 Å². The second-order valence-corrected chi connectivity index (χ2v) is 18.5. The average Bonchev–Trinajstić information content (AvgIpc) is 3.28. The van der Waals surface area contributed by atoms with Gasteiger partial charge in [0.05, 0.1) is 6.57 Å². The molecule has 0 radical (unpaired) electrons. The standard InChI is InChI=1S/C14H20N2.C12H13N3.C12H16N2.C11H13FN2.C11H14N2/c1-10(2)13-6-4-12(5-7-13)9-14(16)8-11(3)15;1-9(13)7-11(14)8-10-3-5-12(15-2)6-4-10;1-9-3-5-11(6-4-9)8-12(14)7-10(2)13;1-8(13)6-11(14)7-9-2-4-10(12)5-3-9;1-9(12)7-11(13)8-10-5-3-2-4-6-10/h4-7,10,15-16H,8-9H2,1-3H3;3-6,13-14H,7-8H2,1H3;3-6,13-14H,7-8H2,1-2H3;2-5,13-14H,6-7H2,1H3;2-6,12-13H,7-8H2,1H3. The molecular formula is C60H76FN11. The summed E-state index contributed by atoms with van der Waals surface area (Å²) < 4.78 is 12.5. The lowest BCUT2D eigenvalue weighted by Gasteiger charge is -2.07. The number of hydrogen-bond acceptors (Lipinski definition) is 10. The van der Waals surface area contributed by atoms with Crippen LogP contribution in [0.15, 0.2) is 127 Å². The zero-order valence-electron chi connectivity index (χ0n) is 43.6. The van der Waals surface area contributed by atoms with Crippen molar-refractivity contribution in [3.63, 3.8) is 0 Å². The van der Waals surface area contributed by atoms with Gasteiger partial charge in [0.2, 0.25) is 0 Å². The largest absolute Gasteiger partial charge is 0.310 e. The summed E-state index contributed by atoms with van der Waals surface area (Å²) in [5.41, 5.74) is 14.1. The molecule has 5 aromatic rings. The van der Waals surface area contributed by atoms with Crippen molar-refractivity contribution in [1.29, 1.82) is 54.1 Å². The van der Waals surface area contributed by atoms with E-state index in [0.29, 0.717) is 133 Å². The van der Waals surface area contributed by atoms with Crippen molar-refractivity contribution < 1.29 is 4.39 Å². The van der Waals surface area contributed by atoms with Crippen LogP contribution in [0.2, 0.25) is 0 Å². The number of nitrogens with zero attached hydrogens (tertiary/aromatic N) is 1. The first-order chi connectivity index (χ1) is 33.9. The molecular weight excluding hydrogens is 894 g/mol. The first-order valence-electron chi connectivity index (χ1n) is 23.8. The summed E-state index contributed by atoms with van der Waals surface area (Å²) in [6.07, 6.45) is 5.36. The Morgan fingerprint density at radius 1 is 0.403 bits per heavy atom. The highest BCUT2D eigenvalue weighted by atomic mass is 19.1. The predicted molar refractivity (Wildman–Crippen MR) is 304 cm³/mol. The summed E-state index contributed by atoms with van der Waals surface area (Å²) in [6.45, 7) is 21.8. The Kier molecular flexibility index (Phi) is 29.8. The van der Waals surface area contributed by atoms with Crippen molar-refractivity contribution in [1.82, 2.24) is 0 Å². The zero-order chi connectivity index (χ0) is 54.2. The zero-order valence-corrected chi connectivity index (χ0v) is 43.6.